The average molecular weight is 398 g/mol. The van der Waals surface area contributed by atoms with Gasteiger partial charge in [0.05, 0.1) is 18.2 Å². The second-order valence-electron chi connectivity index (χ2n) is 7.82. The summed E-state index contributed by atoms with van der Waals surface area (Å²) in [5.74, 6) is -0.0864. The topological polar surface area (TPSA) is 83.0 Å². The van der Waals surface area contributed by atoms with E-state index in [0.29, 0.717) is 5.69 Å². The Morgan fingerprint density at radius 1 is 1.03 bits per heavy atom. The van der Waals surface area contributed by atoms with Gasteiger partial charge in [0, 0.05) is 37.3 Å². The van der Waals surface area contributed by atoms with Gasteiger partial charge >= 0.3 is 0 Å². The number of imide groups is 1. The molecule has 8 heteroatoms. The maximum atomic E-state index is 13.1. The SMILES string of the molecule is Cc1cc(C)nc(N2CCC([NH2+][C@@H]3CC(=O)N(c4ccc(F)cc4)C3=O)CC2)n1. The van der Waals surface area contributed by atoms with Gasteiger partial charge in [0.15, 0.2) is 6.04 Å². The molecule has 2 N–H and O–H groups in total. The molecule has 2 fully saturated rings. The second-order valence-corrected chi connectivity index (χ2v) is 7.82. The normalized spacial score (nSPS) is 20.6. The zero-order valence-corrected chi connectivity index (χ0v) is 16.6. The van der Waals surface area contributed by atoms with Crippen LogP contribution >= 0.6 is 0 Å². The molecule has 2 aromatic rings. The zero-order valence-electron chi connectivity index (χ0n) is 16.6. The number of hydrogen-bond acceptors (Lipinski definition) is 5. The van der Waals surface area contributed by atoms with E-state index in [0.717, 1.165) is 43.3 Å². The second kappa shape index (κ2) is 7.87. The quantitative estimate of drug-likeness (QED) is 0.780. The van der Waals surface area contributed by atoms with Crippen molar-refractivity contribution in [1.82, 2.24) is 9.97 Å². The highest BCUT2D eigenvalue weighted by Crippen LogP contribution is 2.22. The number of aryl methyl sites for hydroxylation is 2. The largest absolute Gasteiger partial charge is 0.340 e. The maximum Gasteiger partial charge on any atom is 0.292 e. The fourth-order valence-corrected chi connectivity index (χ4v) is 4.14. The van der Waals surface area contributed by atoms with E-state index in [1.807, 2.05) is 25.2 Å². The van der Waals surface area contributed by atoms with Crippen LogP contribution in [0.25, 0.3) is 0 Å². The number of amides is 2. The summed E-state index contributed by atoms with van der Waals surface area (Å²) >= 11 is 0. The van der Waals surface area contributed by atoms with E-state index in [1.54, 1.807) is 0 Å². The molecule has 0 aliphatic carbocycles. The monoisotopic (exact) mass is 398 g/mol. The van der Waals surface area contributed by atoms with Crippen molar-refractivity contribution < 1.29 is 19.3 Å². The Kier molecular flexibility index (Phi) is 5.27. The molecule has 0 saturated carbocycles. The molecule has 0 spiro atoms. The minimum atomic E-state index is -0.415. The van der Waals surface area contributed by atoms with Crippen LogP contribution < -0.4 is 15.1 Å². The summed E-state index contributed by atoms with van der Waals surface area (Å²) in [6.07, 6.45) is 1.96. The third-order valence-electron chi connectivity index (χ3n) is 5.56. The van der Waals surface area contributed by atoms with Crippen LogP contribution in [0.15, 0.2) is 30.3 Å². The number of nitrogens with zero attached hydrogens (tertiary/aromatic N) is 4. The molecule has 7 nitrogen and oxygen atoms in total. The molecule has 0 bridgehead atoms. The van der Waals surface area contributed by atoms with E-state index < -0.39 is 11.9 Å². The van der Waals surface area contributed by atoms with Gasteiger partial charge in [-0.25, -0.2) is 19.3 Å². The maximum absolute atomic E-state index is 13.1. The molecule has 29 heavy (non-hydrogen) atoms. The molecule has 1 aromatic carbocycles. The van der Waals surface area contributed by atoms with E-state index in [9.17, 15) is 14.0 Å². The van der Waals surface area contributed by atoms with E-state index in [4.69, 9.17) is 0 Å². The highest BCUT2D eigenvalue weighted by Gasteiger charge is 2.43. The lowest BCUT2D eigenvalue weighted by Gasteiger charge is -2.31. The van der Waals surface area contributed by atoms with Crippen molar-refractivity contribution in [3.63, 3.8) is 0 Å². The Morgan fingerprint density at radius 2 is 1.66 bits per heavy atom. The zero-order chi connectivity index (χ0) is 20.5. The van der Waals surface area contributed by atoms with Crippen LogP contribution in [-0.2, 0) is 9.59 Å². The third kappa shape index (κ3) is 4.12. The van der Waals surface area contributed by atoms with Crippen LogP contribution in [0, 0.1) is 19.7 Å². The molecule has 0 unspecified atom stereocenters. The molecule has 2 aliphatic heterocycles. The van der Waals surface area contributed by atoms with E-state index in [1.165, 1.54) is 29.2 Å². The number of anilines is 2. The van der Waals surface area contributed by atoms with E-state index >= 15 is 0 Å². The first-order chi connectivity index (χ1) is 13.9. The number of piperidine rings is 1. The van der Waals surface area contributed by atoms with Crippen molar-refractivity contribution in [1.29, 1.82) is 0 Å². The van der Waals surface area contributed by atoms with Crippen molar-refractivity contribution in [2.75, 3.05) is 22.9 Å². The average Bonchev–Trinajstić information content (AvgIpc) is 2.96. The molecular formula is C21H25FN5O2+. The number of nitrogens with two attached hydrogens (primary N) is 1. The number of benzene rings is 1. The summed E-state index contributed by atoms with van der Waals surface area (Å²) in [5.41, 5.74) is 2.34. The van der Waals surface area contributed by atoms with Crippen LogP contribution in [0.4, 0.5) is 16.0 Å². The van der Waals surface area contributed by atoms with Crippen molar-refractivity contribution in [2.24, 2.45) is 0 Å². The predicted molar refractivity (Wildman–Crippen MR) is 106 cm³/mol. The Bertz CT molecular complexity index is 905. The van der Waals surface area contributed by atoms with Gasteiger partial charge in [0.2, 0.25) is 11.9 Å². The number of carbonyl (C=O) groups excluding carboxylic acids is 2. The number of halogens is 1. The summed E-state index contributed by atoms with van der Waals surface area (Å²) in [4.78, 5) is 37.6. The smallest absolute Gasteiger partial charge is 0.292 e. The van der Waals surface area contributed by atoms with Gasteiger partial charge < -0.3 is 10.2 Å². The predicted octanol–water partition coefficient (Wildman–Crippen LogP) is 1.10. The number of hydrogen-bond donors (Lipinski definition) is 1. The standard InChI is InChI=1S/C21H24FN5O2/c1-13-11-14(2)24-21(23-13)26-9-7-16(8-10-26)25-18-12-19(28)27(20(18)29)17-5-3-15(22)4-6-17/h3-6,11,16,18,25H,7-10,12H2,1-2H3/p+1/t18-/m1/s1. The van der Waals surface area contributed by atoms with Crippen molar-refractivity contribution in [2.45, 2.75) is 45.2 Å². The first kappa shape index (κ1) is 19.4. The van der Waals surface area contributed by atoms with Crippen molar-refractivity contribution in [3.8, 4) is 0 Å². The summed E-state index contributed by atoms with van der Waals surface area (Å²) in [6.45, 7) is 5.57. The lowest BCUT2D eigenvalue weighted by molar-refractivity contribution is -0.709. The molecule has 4 rings (SSSR count). The molecule has 1 aromatic heterocycles. The van der Waals surface area contributed by atoms with Gasteiger partial charge in [-0.15, -0.1) is 0 Å². The third-order valence-corrected chi connectivity index (χ3v) is 5.56. The lowest BCUT2D eigenvalue weighted by Crippen LogP contribution is -2.97. The van der Waals surface area contributed by atoms with Gasteiger partial charge in [-0.3, -0.25) is 9.59 Å². The van der Waals surface area contributed by atoms with Crippen LogP contribution in [0.5, 0.6) is 0 Å². The molecule has 152 valence electrons. The van der Waals surface area contributed by atoms with Gasteiger partial charge in [0.25, 0.3) is 5.91 Å². The fourth-order valence-electron chi connectivity index (χ4n) is 4.14. The minimum Gasteiger partial charge on any atom is -0.340 e. The van der Waals surface area contributed by atoms with Crippen molar-refractivity contribution >= 4 is 23.5 Å². The van der Waals surface area contributed by atoms with Crippen LogP contribution in [0.3, 0.4) is 0 Å². The summed E-state index contributed by atoms with van der Waals surface area (Å²) in [6, 6.07) is 7.27. The molecule has 0 radical (unpaired) electrons. The number of carbonyl (C=O) groups is 2. The van der Waals surface area contributed by atoms with Gasteiger partial charge in [-0.05, 0) is 44.2 Å². The molecule has 1 atom stereocenters. The highest BCUT2D eigenvalue weighted by atomic mass is 19.1. The van der Waals surface area contributed by atoms with Gasteiger partial charge in [-0.2, -0.15) is 0 Å². The van der Waals surface area contributed by atoms with Crippen LogP contribution in [0.1, 0.15) is 30.7 Å². The number of rotatable bonds is 4. The first-order valence-corrected chi connectivity index (χ1v) is 9.95. The van der Waals surface area contributed by atoms with Gasteiger partial charge in [0.1, 0.15) is 5.82 Å². The first-order valence-electron chi connectivity index (χ1n) is 9.95. The highest BCUT2D eigenvalue weighted by molar-refractivity contribution is 6.21. The van der Waals surface area contributed by atoms with Gasteiger partial charge in [-0.1, -0.05) is 0 Å². The Morgan fingerprint density at radius 3 is 2.28 bits per heavy atom. The minimum absolute atomic E-state index is 0.177. The fraction of sp³-hybridized carbons (Fsp3) is 0.429. The van der Waals surface area contributed by atoms with E-state index in [2.05, 4.69) is 14.9 Å². The molecule has 2 saturated heterocycles. The number of aromatic nitrogens is 2. The Hall–Kier alpha value is -2.87. The summed E-state index contributed by atoms with van der Waals surface area (Å²) in [5, 5.41) is 2.03. The molecular weight excluding hydrogens is 373 g/mol. The van der Waals surface area contributed by atoms with Crippen molar-refractivity contribution in [3.05, 3.63) is 47.5 Å². The molecule has 3 heterocycles. The number of quaternary nitrogens is 1. The van der Waals surface area contributed by atoms with E-state index in [-0.39, 0.29) is 24.3 Å². The summed E-state index contributed by atoms with van der Waals surface area (Å²) in [7, 11) is 0. The summed E-state index contributed by atoms with van der Waals surface area (Å²) < 4.78 is 13.1. The lowest BCUT2D eigenvalue weighted by atomic mass is 10.0. The van der Waals surface area contributed by atoms with Crippen LogP contribution in [-0.4, -0.2) is 47.0 Å². The Balaban J connectivity index is 1.36. The molecule has 2 aliphatic rings. The Labute approximate surface area is 168 Å². The molecule has 2 amide bonds. The van der Waals surface area contributed by atoms with Crippen LogP contribution in [0.2, 0.25) is 0 Å².